The van der Waals surface area contributed by atoms with Crippen molar-refractivity contribution in [2.45, 2.75) is 17.9 Å². The molecule has 158 valence electrons. The minimum absolute atomic E-state index is 0.0598. The fraction of sp³-hybridized carbons (Fsp3) is 0.0909. The van der Waals surface area contributed by atoms with Gasteiger partial charge in [0, 0.05) is 11.3 Å². The van der Waals surface area contributed by atoms with Gasteiger partial charge in [-0.2, -0.15) is 0 Å². The second-order valence-corrected chi connectivity index (χ2v) is 8.65. The van der Waals surface area contributed by atoms with Crippen molar-refractivity contribution in [3.8, 4) is 0 Å². The first-order chi connectivity index (χ1) is 14.8. The smallest absolute Gasteiger partial charge is 0.261 e. The lowest BCUT2D eigenvalue weighted by atomic mass is 10.2. The van der Waals surface area contributed by atoms with Crippen molar-refractivity contribution in [1.29, 1.82) is 0 Å². The number of rotatable bonds is 6. The average Bonchev–Trinajstić information content (AvgIpc) is 3.19. The first kappa shape index (κ1) is 20.5. The van der Waals surface area contributed by atoms with E-state index in [1.54, 1.807) is 0 Å². The molecular weight excluding hydrogens is 419 g/mol. The summed E-state index contributed by atoms with van der Waals surface area (Å²) in [6, 6.07) is 17.8. The van der Waals surface area contributed by atoms with Crippen LogP contribution in [-0.4, -0.2) is 24.3 Å². The Morgan fingerprint density at radius 1 is 1.00 bits per heavy atom. The maximum Gasteiger partial charge on any atom is 0.261 e. The van der Waals surface area contributed by atoms with Crippen LogP contribution < -0.4 is 10.0 Å². The van der Waals surface area contributed by atoms with Crippen LogP contribution in [0.5, 0.6) is 0 Å². The van der Waals surface area contributed by atoms with Crippen LogP contribution in [0.2, 0.25) is 0 Å². The zero-order chi connectivity index (χ0) is 22.0. The molecule has 1 amide bonds. The maximum atomic E-state index is 13.0. The van der Waals surface area contributed by atoms with Crippen molar-refractivity contribution in [3.05, 3.63) is 90.0 Å². The van der Waals surface area contributed by atoms with Crippen molar-refractivity contribution in [2.75, 3.05) is 4.72 Å². The van der Waals surface area contributed by atoms with E-state index in [4.69, 9.17) is 0 Å². The van der Waals surface area contributed by atoms with Crippen molar-refractivity contribution in [3.63, 3.8) is 0 Å². The molecule has 1 atom stereocenters. The number of carbonyl (C=O) groups is 1. The van der Waals surface area contributed by atoms with Gasteiger partial charge in [-0.15, -0.1) is 0 Å². The number of para-hydroxylation sites is 2. The van der Waals surface area contributed by atoms with Crippen molar-refractivity contribution in [1.82, 2.24) is 15.3 Å². The Kier molecular flexibility index (Phi) is 5.43. The minimum Gasteiger partial charge on any atom is -0.342 e. The highest BCUT2D eigenvalue weighted by molar-refractivity contribution is 7.92. The highest BCUT2D eigenvalue weighted by Gasteiger charge is 2.17. The Balaban J connectivity index is 1.43. The maximum absolute atomic E-state index is 13.0. The number of aromatic nitrogens is 2. The highest BCUT2D eigenvalue weighted by Crippen LogP contribution is 2.19. The van der Waals surface area contributed by atoms with Gasteiger partial charge in [0.1, 0.15) is 11.6 Å². The van der Waals surface area contributed by atoms with Gasteiger partial charge in [0.25, 0.3) is 15.9 Å². The Hall–Kier alpha value is -3.72. The Bertz CT molecular complexity index is 1300. The monoisotopic (exact) mass is 438 g/mol. The number of hydrogen-bond donors (Lipinski definition) is 3. The van der Waals surface area contributed by atoms with Gasteiger partial charge in [0.15, 0.2) is 0 Å². The van der Waals surface area contributed by atoms with E-state index in [0.717, 1.165) is 23.2 Å². The van der Waals surface area contributed by atoms with E-state index in [1.165, 1.54) is 36.4 Å². The molecule has 31 heavy (non-hydrogen) atoms. The molecule has 0 radical (unpaired) electrons. The van der Waals surface area contributed by atoms with Gasteiger partial charge in [0.2, 0.25) is 0 Å². The molecule has 3 N–H and O–H groups in total. The summed E-state index contributed by atoms with van der Waals surface area (Å²) in [5.74, 6) is -0.203. The summed E-state index contributed by atoms with van der Waals surface area (Å²) in [5, 5.41) is 2.87. The molecule has 0 aliphatic rings. The normalized spacial score (nSPS) is 12.5. The SMILES string of the molecule is C[C@H](NC(=O)c1ccc(NS(=O)(=O)c2ccc(F)cc2)cc1)c1nc2ccccc2[nH]1. The quantitative estimate of drug-likeness (QED) is 0.423. The van der Waals surface area contributed by atoms with Crippen molar-refractivity contribution in [2.24, 2.45) is 0 Å². The van der Waals surface area contributed by atoms with E-state index < -0.39 is 15.8 Å². The molecule has 0 aliphatic heterocycles. The molecule has 4 rings (SSSR count). The first-order valence-corrected chi connectivity index (χ1v) is 10.9. The molecule has 1 aromatic heterocycles. The Morgan fingerprint density at radius 3 is 2.35 bits per heavy atom. The molecule has 3 aromatic carbocycles. The highest BCUT2D eigenvalue weighted by atomic mass is 32.2. The number of nitrogens with zero attached hydrogens (tertiary/aromatic N) is 1. The number of amides is 1. The molecular formula is C22H19FN4O3S. The Morgan fingerprint density at radius 2 is 1.68 bits per heavy atom. The van der Waals surface area contributed by atoms with Crippen molar-refractivity contribution >= 4 is 32.7 Å². The number of H-pyrrole nitrogens is 1. The zero-order valence-electron chi connectivity index (χ0n) is 16.5. The number of halogens is 1. The van der Waals surface area contributed by atoms with Gasteiger partial charge in [-0.05, 0) is 67.6 Å². The lowest BCUT2D eigenvalue weighted by molar-refractivity contribution is 0.0938. The third kappa shape index (κ3) is 4.56. The number of fused-ring (bicyclic) bond motifs is 1. The van der Waals surface area contributed by atoms with Crippen LogP contribution in [0.25, 0.3) is 11.0 Å². The standard InChI is InChI=1S/C22H19FN4O3S/c1-14(21-25-19-4-2-3-5-20(19)26-21)24-22(28)15-6-10-17(11-7-15)27-31(29,30)18-12-8-16(23)9-13-18/h2-14,27H,1H3,(H,24,28)(H,25,26)/t14-/m0/s1. The lowest BCUT2D eigenvalue weighted by Crippen LogP contribution is -2.27. The van der Waals surface area contributed by atoms with E-state index in [9.17, 15) is 17.6 Å². The summed E-state index contributed by atoms with van der Waals surface area (Å²) in [6.07, 6.45) is 0. The summed E-state index contributed by atoms with van der Waals surface area (Å²) < 4.78 is 40.2. The number of anilines is 1. The van der Waals surface area contributed by atoms with Gasteiger partial charge in [-0.1, -0.05) is 12.1 Å². The third-order valence-electron chi connectivity index (χ3n) is 4.69. The second kappa shape index (κ2) is 8.19. The minimum atomic E-state index is -3.86. The van der Waals surface area contributed by atoms with E-state index in [2.05, 4.69) is 20.0 Å². The second-order valence-electron chi connectivity index (χ2n) is 6.97. The van der Waals surface area contributed by atoms with Crippen molar-refractivity contribution < 1.29 is 17.6 Å². The lowest BCUT2D eigenvalue weighted by Gasteiger charge is -2.12. The van der Waals surface area contributed by atoms with E-state index in [-0.39, 0.29) is 22.5 Å². The fourth-order valence-electron chi connectivity index (χ4n) is 3.04. The number of hydrogen-bond acceptors (Lipinski definition) is 4. The number of carbonyl (C=O) groups excluding carboxylic acids is 1. The number of nitrogens with one attached hydrogen (secondary N) is 3. The van der Waals surface area contributed by atoms with Crippen LogP contribution in [0.4, 0.5) is 10.1 Å². The summed E-state index contributed by atoms with van der Waals surface area (Å²) in [7, 11) is -3.86. The third-order valence-corrected chi connectivity index (χ3v) is 6.09. The van der Waals surface area contributed by atoms with Crippen LogP contribution in [0.15, 0.2) is 77.7 Å². The van der Waals surface area contributed by atoms with E-state index in [0.29, 0.717) is 11.4 Å². The molecule has 0 saturated heterocycles. The molecule has 0 saturated carbocycles. The molecule has 0 fully saturated rings. The molecule has 7 nitrogen and oxygen atoms in total. The predicted octanol–water partition coefficient (Wildman–Crippen LogP) is 3.99. The van der Waals surface area contributed by atoms with Gasteiger partial charge >= 0.3 is 0 Å². The molecule has 0 unspecified atom stereocenters. The molecule has 0 aliphatic carbocycles. The van der Waals surface area contributed by atoms with E-state index >= 15 is 0 Å². The fourth-order valence-corrected chi connectivity index (χ4v) is 4.10. The summed E-state index contributed by atoms with van der Waals surface area (Å²) >= 11 is 0. The number of imidazole rings is 1. The van der Waals surface area contributed by atoms with E-state index in [1.807, 2.05) is 31.2 Å². The molecule has 0 bridgehead atoms. The zero-order valence-corrected chi connectivity index (χ0v) is 17.3. The van der Waals surface area contributed by atoms with Crippen LogP contribution in [0.3, 0.4) is 0 Å². The summed E-state index contributed by atoms with van der Waals surface area (Å²) in [4.78, 5) is 20.2. The first-order valence-electron chi connectivity index (χ1n) is 9.46. The van der Waals surface area contributed by atoms with Crippen LogP contribution in [-0.2, 0) is 10.0 Å². The predicted molar refractivity (Wildman–Crippen MR) is 116 cm³/mol. The van der Waals surface area contributed by atoms with Gasteiger partial charge < -0.3 is 10.3 Å². The number of benzene rings is 3. The van der Waals surface area contributed by atoms with Crippen LogP contribution in [0.1, 0.15) is 29.1 Å². The topological polar surface area (TPSA) is 104 Å². The number of sulfonamides is 1. The largest absolute Gasteiger partial charge is 0.342 e. The molecule has 9 heteroatoms. The van der Waals surface area contributed by atoms with Gasteiger partial charge in [0.05, 0.1) is 22.0 Å². The van der Waals surface area contributed by atoms with Gasteiger partial charge in [-0.3, -0.25) is 9.52 Å². The van der Waals surface area contributed by atoms with Crippen LogP contribution >= 0.6 is 0 Å². The average molecular weight is 438 g/mol. The van der Waals surface area contributed by atoms with Gasteiger partial charge in [-0.25, -0.2) is 17.8 Å². The Labute approximate surface area is 178 Å². The number of aromatic amines is 1. The van der Waals surface area contributed by atoms with Crippen LogP contribution in [0, 0.1) is 5.82 Å². The summed E-state index contributed by atoms with van der Waals surface area (Å²) in [5.41, 5.74) is 2.35. The molecule has 0 spiro atoms. The molecule has 4 aromatic rings. The molecule has 1 heterocycles. The summed E-state index contributed by atoms with van der Waals surface area (Å²) in [6.45, 7) is 1.82.